The number of aromatic nitrogens is 2. The van der Waals surface area contributed by atoms with Gasteiger partial charge in [0.05, 0.1) is 6.04 Å². The van der Waals surface area contributed by atoms with Crippen LogP contribution in [0.2, 0.25) is 0 Å². The standard InChI is InChI=1S/C16H23N3/c1-11-8-12(2)16(13(3)9-11)15(17-5)10-19-7-6-18-14(19)4/h6-9,15,17H,10H2,1-5H3. The first-order chi connectivity index (χ1) is 9.02. The molecule has 0 aliphatic rings. The molecule has 0 saturated carbocycles. The summed E-state index contributed by atoms with van der Waals surface area (Å²) in [6.45, 7) is 9.49. The summed E-state index contributed by atoms with van der Waals surface area (Å²) in [4.78, 5) is 4.29. The van der Waals surface area contributed by atoms with E-state index in [0.717, 1.165) is 12.4 Å². The molecule has 1 N–H and O–H groups in total. The second kappa shape index (κ2) is 5.57. The SMILES string of the molecule is CNC(Cn1ccnc1C)c1c(C)cc(C)cc1C. The Morgan fingerprint density at radius 2 is 1.79 bits per heavy atom. The van der Waals surface area contributed by atoms with Crippen LogP contribution in [0.3, 0.4) is 0 Å². The quantitative estimate of drug-likeness (QED) is 0.912. The van der Waals surface area contributed by atoms with Gasteiger partial charge in [-0.2, -0.15) is 0 Å². The Morgan fingerprint density at radius 1 is 1.16 bits per heavy atom. The topological polar surface area (TPSA) is 29.9 Å². The highest BCUT2D eigenvalue weighted by molar-refractivity contribution is 5.39. The van der Waals surface area contributed by atoms with Crippen molar-refractivity contribution in [2.45, 2.75) is 40.3 Å². The van der Waals surface area contributed by atoms with Crippen molar-refractivity contribution in [2.75, 3.05) is 7.05 Å². The number of likely N-dealkylation sites (N-methyl/N-ethyl adjacent to an activating group) is 1. The third-order valence-electron chi connectivity index (χ3n) is 3.74. The van der Waals surface area contributed by atoms with Crippen LogP contribution in [0.15, 0.2) is 24.5 Å². The zero-order chi connectivity index (χ0) is 14.0. The summed E-state index contributed by atoms with van der Waals surface area (Å²) in [6.07, 6.45) is 3.90. The maximum Gasteiger partial charge on any atom is 0.105 e. The van der Waals surface area contributed by atoms with Gasteiger partial charge in [-0.05, 0) is 51.4 Å². The van der Waals surface area contributed by atoms with Crippen molar-refractivity contribution in [3.8, 4) is 0 Å². The highest BCUT2D eigenvalue weighted by Gasteiger charge is 2.16. The third-order valence-corrected chi connectivity index (χ3v) is 3.74. The lowest BCUT2D eigenvalue weighted by Gasteiger charge is -2.23. The molecule has 0 saturated heterocycles. The Labute approximate surface area is 115 Å². The smallest absolute Gasteiger partial charge is 0.105 e. The summed E-state index contributed by atoms with van der Waals surface area (Å²) in [6, 6.07) is 4.83. The van der Waals surface area contributed by atoms with Gasteiger partial charge in [0.25, 0.3) is 0 Å². The van der Waals surface area contributed by atoms with Gasteiger partial charge in [0.1, 0.15) is 5.82 Å². The lowest BCUT2D eigenvalue weighted by molar-refractivity contribution is 0.489. The van der Waals surface area contributed by atoms with Crippen LogP contribution in [0.4, 0.5) is 0 Å². The molecular weight excluding hydrogens is 234 g/mol. The Morgan fingerprint density at radius 3 is 2.26 bits per heavy atom. The van der Waals surface area contributed by atoms with Crippen LogP contribution >= 0.6 is 0 Å². The van der Waals surface area contributed by atoms with Gasteiger partial charge in [0.15, 0.2) is 0 Å². The number of benzene rings is 1. The summed E-state index contributed by atoms with van der Waals surface area (Å²) in [5, 5.41) is 3.44. The molecule has 0 spiro atoms. The molecule has 0 fully saturated rings. The van der Waals surface area contributed by atoms with Gasteiger partial charge < -0.3 is 9.88 Å². The van der Waals surface area contributed by atoms with Gasteiger partial charge in [-0.25, -0.2) is 4.98 Å². The Hall–Kier alpha value is -1.61. The van der Waals surface area contributed by atoms with E-state index in [1.165, 1.54) is 22.3 Å². The fraction of sp³-hybridized carbons (Fsp3) is 0.438. The summed E-state index contributed by atoms with van der Waals surface area (Å²) >= 11 is 0. The fourth-order valence-electron chi connectivity index (χ4n) is 2.86. The zero-order valence-corrected chi connectivity index (χ0v) is 12.5. The summed E-state index contributed by atoms with van der Waals surface area (Å²) < 4.78 is 2.19. The highest BCUT2D eigenvalue weighted by atomic mass is 15.1. The lowest BCUT2D eigenvalue weighted by Crippen LogP contribution is -2.24. The first-order valence-electron chi connectivity index (χ1n) is 6.75. The number of rotatable bonds is 4. The van der Waals surface area contributed by atoms with E-state index in [0.29, 0.717) is 6.04 Å². The number of hydrogen-bond acceptors (Lipinski definition) is 2. The number of imidazole rings is 1. The monoisotopic (exact) mass is 257 g/mol. The maximum absolute atomic E-state index is 4.29. The Bertz CT molecular complexity index is 546. The summed E-state index contributed by atoms with van der Waals surface area (Å²) in [7, 11) is 2.02. The van der Waals surface area contributed by atoms with E-state index in [-0.39, 0.29) is 0 Å². The van der Waals surface area contributed by atoms with E-state index in [4.69, 9.17) is 0 Å². The van der Waals surface area contributed by atoms with Crippen LogP contribution < -0.4 is 5.32 Å². The molecule has 3 heteroatoms. The third kappa shape index (κ3) is 2.87. The first-order valence-corrected chi connectivity index (χ1v) is 6.75. The van der Waals surface area contributed by atoms with Crippen LogP contribution in [-0.4, -0.2) is 16.6 Å². The molecule has 3 nitrogen and oxygen atoms in total. The largest absolute Gasteiger partial charge is 0.333 e. The van der Waals surface area contributed by atoms with Crippen LogP contribution in [0.25, 0.3) is 0 Å². The maximum atomic E-state index is 4.29. The number of nitrogens with zero attached hydrogens (tertiary/aromatic N) is 2. The number of hydrogen-bond donors (Lipinski definition) is 1. The average Bonchev–Trinajstić information content (AvgIpc) is 2.72. The fourth-order valence-corrected chi connectivity index (χ4v) is 2.86. The molecule has 1 heterocycles. The predicted molar refractivity (Wildman–Crippen MR) is 79.4 cm³/mol. The van der Waals surface area contributed by atoms with Crippen molar-refractivity contribution < 1.29 is 0 Å². The molecule has 2 aromatic rings. The molecule has 2 rings (SSSR count). The van der Waals surface area contributed by atoms with E-state index < -0.39 is 0 Å². The predicted octanol–water partition coefficient (Wildman–Crippen LogP) is 3.08. The molecule has 1 aromatic heterocycles. The van der Waals surface area contributed by atoms with Crippen molar-refractivity contribution in [1.29, 1.82) is 0 Å². The average molecular weight is 257 g/mol. The van der Waals surface area contributed by atoms with Crippen LogP contribution in [0.5, 0.6) is 0 Å². The number of aryl methyl sites for hydroxylation is 4. The van der Waals surface area contributed by atoms with E-state index in [1.807, 2.05) is 26.4 Å². The van der Waals surface area contributed by atoms with Gasteiger partial charge in [-0.3, -0.25) is 0 Å². The number of nitrogens with one attached hydrogen (secondary N) is 1. The molecule has 0 aliphatic heterocycles. The molecular formula is C16H23N3. The van der Waals surface area contributed by atoms with Gasteiger partial charge in [-0.1, -0.05) is 17.7 Å². The molecule has 19 heavy (non-hydrogen) atoms. The second-order valence-electron chi connectivity index (χ2n) is 5.28. The van der Waals surface area contributed by atoms with Gasteiger partial charge >= 0.3 is 0 Å². The molecule has 0 bridgehead atoms. The lowest BCUT2D eigenvalue weighted by atomic mass is 9.94. The van der Waals surface area contributed by atoms with E-state index in [9.17, 15) is 0 Å². The van der Waals surface area contributed by atoms with Gasteiger partial charge in [-0.15, -0.1) is 0 Å². The minimum atomic E-state index is 0.313. The van der Waals surface area contributed by atoms with Crippen molar-refractivity contribution in [3.05, 3.63) is 52.6 Å². The van der Waals surface area contributed by atoms with Gasteiger partial charge in [0, 0.05) is 18.9 Å². The summed E-state index contributed by atoms with van der Waals surface area (Å²) in [5.74, 6) is 1.06. The van der Waals surface area contributed by atoms with Crippen molar-refractivity contribution in [1.82, 2.24) is 14.9 Å². The van der Waals surface area contributed by atoms with Crippen molar-refractivity contribution in [2.24, 2.45) is 0 Å². The van der Waals surface area contributed by atoms with Crippen LogP contribution in [0, 0.1) is 27.7 Å². The minimum absolute atomic E-state index is 0.313. The summed E-state index contributed by atoms with van der Waals surface area (Å²) in [5.41, 5.74) is 5.44. The normalized spacial score (nSPS) is 12.7. The second-order valence-corrected chi connectivity index (χ2v) is 5.28. The van der Waals surface area contributed by atoms with E-state index in [1.54, 1.807) is 0 Å². The molecule has 1 atom stereocenters. The van der Waals surface area contributed by atoms with Crippen molar-refractivity contribution >= 4 is 0 Å². The zero-order valence-electron chi connectivity index (χ0n) is 12.5. The molecule has 0 radical (unpaired) electrons. The first kappa shape index (κ1) is 13.8. The molecule has 0 amide bonds. The van der Waals surface area contributed by atoms with Crippen molar-refractivity contribution in [3.63, 3.8) is 0 Å². The Kier molecular flexibility index (Phi) is 4.05. The minimum Gasteiger partial charge on any atom is -0.333 e. The highest BCUT2D eigenvalue weighted by Crippen LogP contribution is 2.25. The Balaban J connectivity index is 2.35. The van der Waals surface area contributed by atoms with Crippen LogP contribution in [-0.2, 0) is 6.54 Å². The van der Waals surface area contributed by atoms with Gasteiger partial charge in [0.2, 0.25) is 0 Å². The van der Waals surface area contributed by atoms with Crippen LogP contribution in [0.1, 0.15) is 34.1 Å². The van der Waals surface area contributed by atoms with E-state index >= 15 is 0 Å². The molecule has 102 valence electrons. The molecule has 1 aromatic carbocycles. The molecule has 1 unspecified atom stereocenters. The molecule has 0 aliphatic carbocycles. The van der Waals surface area contributed by atoms with E-state index in [2.05, 4.69) is 47.8 Å².